The van der Waals surface area contributed by atoms with Gasteiger partial charge in [0, 0.05) is 18.4 Å². The molecule has 0 spiro atoms. The van der Waals surface area contributed by atoms with Gasteiger partial charge in [0.1, 0.15) is 0 Å². The number of rotatable bonds is 0. The van der Waals surface area contributed by atoms with Crippen molar-refractivity contribution in [2.24, 2.45) is 0 Å². The van der Waals surface area contributed by atoms with E-state index in [-0.39, 0.29) is 10.8 Å². The summed E-state index contributed by atoms with van der Waals surface area (Å²) in [6, 6.07) is 14.0. The maximum absolute atomic E-state index is 2.42. The Kier molecular flexibility index (Phi) is 4.02. The highest BCUT2D eigenvalue weighted by atomic mass is 15.1. The van der Waals surface area contributed by atoms with E-state index in [0.29, 0.717) is 0 Å². The van der Waals surface area contributed by atoms with Crippen molar-refractivity contribution in [2.75, 3.05) is 11.9 Å². The highest BCUT2D eigenvalue weighted by Crippen LogP contribution is 2.38. The van der Waals surface area contributed by atoms with Gasteiger partial charge in [-0.25, -0.2) is 0 Å². The Morgan fingerprint density at radius 1 is 0.667 bits per heavy atom. The third-order valence-corrected chi connectivity index (χ3v) is 5.28. The number of anilines is 2. The number of benzene rings is 2. The topological polar surface area (TPSA) is 3.24 Å². The number of aryl methyl sites for hydroxylation is 2. The molecule has 2 aromatic carbocycles. The Morgan fingerprint density at radius 3 is 1.38 bits per heavy atom. The van der Waals surface area contributed by atoms with Crippen LogP contribution in [-0.2, 0) is 23.7 Å². The van der Waals surface area contributed by atoms with E-state index in [2.05, 4.69) is 89.9 Å². The Hall–Kier alpha value is -1.76. The second-order valence-corrected chi connectivity index (χ2v) is 9.25. The predicted molar refractivity (Wildman–Crippen MR) is 106 cm³/mol. The Bertz CT molecular complexity index is 691. The molecule has 0 N–H and O–H groups in total. The third-order valence-electron chi connectivity index (χ3n) is 5.28. The minimum atomic E-state index is 0.201. The molecule has 128 valence electrons. The second kappa shape index (κ2) is 5.65. The summed E-state index contributed by atoms with van der Waals surface area (Å²) in [6.07, 6.45) is 2.23. The molecule has 0 amide bonds. The van der Waals surface area contributed by atoms with Gasteiger partial charge >= 0.3 is 0 Å². The van der Waals surface area contributed by atoms with Crippen LogP contribution in [0.1, 0.15) is 63.8 Å². The maximum atomic E-state index is 2.42. The summed E-state index contributed by atoms with van der Waals surface area (Å²) in [5, 5.41) is 0. The van der Waals surface area contributed by atoms with E-state index in [0.717, 1.165) is 12.8 Å². The molecule has 0 aliphatic carbocycles. The van der Waals surface area contributed by atoms with Gasteiger partial charge in [-0.05, 0) is 58.1 Å². The zero-order valence-electron chi connectivity index (χ0n) is 16.3. The minimum absolute atomic E-state index is 0.201. The van der Waals surface area contributed by atoms with Crippen LogP contribution in [0.5, 0.6) is 0 Å². The molecule has 1 aliphatic rings. The summed E-state index contributed by atoms with van der Waals surface area (Å²) in [5.74, 6) is 0. The Balaban J connectivity index is 2.05. The van der Waals surface area contributed by atoms with E-state index in [1.807, 2.05) is 0 Å². The SMILES string of the molecule is CN1c2ccc(C(C)(C)C)cc2CCc2cc(C(C)(C)C)ccc21. The van der Waals surface area contributed by atoms with Gasteiger partial charge in [-0.2, -0.15) is 0 Å². The molecule has 0 atom stereocenters. The molecule has 0 aromatic heterocycles. The van der Waals surface area contributed by atoms with Crippen LogP contribution >= 0.6 is 0 Å². The lowest BCUT2D eigenvalue weighted by Crippen LogP contribution is -2.15. The van der Waals surface area contributed by atoms with Crippen LogP contribution < -0.4 is 4.90 Å². The summed E-state index contributed by atoms with van der Waals surface area (Å²) in [4.78, 5) is 2.37. The molecule has 0 fully saturated rings. The molecule has 0 saturated heterocycles. The molecule has 1 nitrogen and oxygen atoms in total. The fraction of sp³-hybridized carbons (Fsp3) is 0.478. The van der Waals surface area contributed by atoms with Crippen molar-refractivity contribution in [3.05, 3.63) is 58.7 Å². The molecule has 1 heterocycles. The van der Waals surface area contributed by atoms with Crippen LogP contribution in [-0.4, -0.2) is 7.05 Å². The summed E-state index contributed by atoms with van der Waals surface area (Å²) in [6.45, 7) is 13.7. The first-order valence-corrected chi connectivity index (χ1v) is 9.08. The highest BCUT2D eigenvalue weighted by Gasteiger charge is 2.23. The van der Waals surface area contributed by atoms with Crippen molar-refractivity contribution < 1.29 is 0 Å². The third kappa shape index (κ3) is 3.09. The minimum Gasteiger partial charge on any atom is -0.344 e. The average molecular weight is 322 g/mol. The Labute approximate surface area is 147 Å². The average Bonchev–Trinajstić information content (AvgIpc) is 2.62. The number of hydrogen-bond donors (Lipinski definition) is 0. The largest absolute Gasteiger partial charge is 0.344 e. The van der Waals surface area contributed by atoms with Crippen LogP contribution in [0.4, 0.5) is 11.4 Å². The molecule has 2 aromatic rings. The van der Waals surface area contributed by atoms with E-state index < -0.39 is 0 Å². The van der Waals surface area contributed by atoms with Gasteiger partial charge in [0.25, 0.3) is 0 Å². The lowest BCUT2D eigenvalue weighted by molar-refractivity contribution is 0.588. The molecule has 0 bridgehead atoms. The molecule has 0 radical (unpaired) electrons. The van der Waals surface area contributed by atoms with Gasteiger partial charge in [0.15, 0.2) is 0 Å². The van der Waals surface area contributed by atoms with Gasteiger partial charge in [0.2, 0.25) is 0 Å². The fourth-order valence-electron chi connectivity index (χ4n) is 3.56. The van der Waals surface area contributed by atoms with Gasteiger partial charge in [-0.1, -0.05) is 65.8 Å². The van der Waals surface area contributed by atoms with Gasteiger partial charge < -0.3 is 4.90 Å². The zero-order valence-corrected chi connectivity index (χ0v) is 16.3. The molecular weight excluding hydrogens is 290 g/mol. The van der Waals surface area contributed by atoms with Crippen LogP contribution in [0, 0.1) is 0 Å². The van der Waals surface area contributed by atoms with E-state index in [4.69, 9.17) is 0 Å². The first-order chi connectivity index (χ1) is 11.1. The van der Waals surface area contributed by atoms with E-state index in [9.17, 15) is 0 Å². The van der Waals surface area contributed by atoms with Gasteiger partial charge in [-0.15, -0.1) is 0 Å². The first-order valence-electron chi connectivity index (χ1n) is 9.08. The molecular formula is C23H31N. The van der Waals surface area contributed by atoms with Crippen LogP contribution in [0.2, 0.25) is 0 Å². The molecule has 24 heavy (non-hydrogen) atoms. The summed E-state index contributed by atoms with van der Waals surface area (Å²) in [5.41, 5.74) is 8.90. The Morgan fingerprint density at radius 2 is 1.04 bits per heavy atom. The highest BCUT2D eigenvalue weighted by molar-refractivity contribution is 5.71. The normalized spacial score (nSPS) is 14.9. The smallest absolute Gasteiger partial charge is 0.0441 e. The van der Waals surface area contributed by atoms with Crippen LogP contribution in [0.25, 0.3) is 0 Å². The first kappa shape index (κ1) is 17.1. The van der Waals surface area contributed by atoms with Crippen molar-refractivity contribution in [1.29, 1.82) is 0 Å². The van der Waals surface area contributed by atoms with Crippen molar-refractivity contribution in [2.45, 2.75) is 65.2 Å². The molecule has 1 aliphatic heterocycles. The van der Waals surface area contributed by atoms with Crippen molar-refractivity contribution in [3.8, 4) is 0 Å². The van der Waals surface area contributed by atoms with Crippen LogP contribution in [0.15, 0.2) is 36.4 Å². The summed E-state index contributed by atoms with van der Waals surface area (Å²) < 4.78 is 0. The molecule has 0 saturated carbocycles. The second-order valence-electron chi connectivity index (χ2n) is 9.25. The predicted octanol–water partition coefficient (Wildman–Crippen LogP) is 6.15. The zero-order chi connectivity index (χ0) is 17.7. The quantitative estimate of drug-likeness (QED) is 0.562. The lowest BCUT2D eigenvalue weighted by atomic mass is 9.85. The summed E-state index contributed by atoms with van der Waals surface area (Å²) >= 11 is 0. The van der Waals surface area contributed by atoms with Crippen LogP contribution in [0.3, 0.4) is 0 Å². The van der Waals surface area contributed by atoms with E-state index in [1.165, 1.54) is 33.6 Å². The van der Waals surface area contributed by atoms with E-state index >= 15 is 0 Å². The fourth-order valence-corrected chi connectivity index (χ4v) is 3.56. The maximum Gasteiger partial charge on any atom is 0.0441 e. The standard InChI is InChI=1S/C23H31N/c1-22(2,3)18-10-12-20-16(14-18)8-9-17-15-19(23(4,5)6)11-13-21(17)24(20)7/h10-15H,8-9H2,1-7H3. The van der Waals surface area contributed by atoms with Crippen molar-refractivity contribution in [3.63, 3.8) is 0 Å². The van der Waals surface area contributed by atoms with Crippen molar-refractivity contribution in [1.82, 2.24) is 0 Å². The van der Waals surface area contributed by atoms with Crippen molar-refractivity contribution >= 4 is 11.4 Å². The number of nitrogens with zero attached hydrogens (tertiary/aromatic N) is 1. The summed E-state index contributed by atoms with van der Waals surface area (Å²) in [7, 11) is 2.20. The monoisotopic (exact) mass is 321 g/mol. The number of fused-ring (bicyclic) bond motifs is 2. The molecule has 0 unspecified atom stereocenters. The number of hydrogen-bond acceptors (Lipinski definition) is 1. The molecule has 3 rings (SSSR count). The van der Waals surface area contributed by atoms with E-state index in [1.54, 1.807) is 0 Å². The lowest BCUT2D eigenvalue weighted by Gasteiger charge is -2.26. The van der Waals surface area contributed by atoms with Gasteiger partial charge in [-0.3, -0.25) is 0 Å². The van der Waals surface area contributed by atoms with Gasteiger partial charge in [0.05, 0.1) is 0 Å². The molecule has 1 heteroatoms.